The Morgan fingerprint density at radius 1 is 1.44 bits per heavy atom. The van der Waals surface area contributed by atoms with Gasteiger partial charge in [-0.15, -0.1) is 0 Å². The van der Waals surface area contributed by atoms with Crippen molar-refractivity contribution in [2.24, 2.45) is 11.8 Å². The largest absolute Gasteiger partial charge is 0.432 e. The van der Waals surface area contributed by atoms with Crippen molar-refractivity contribution in [1.82, 2.24) is 0 Å². The van der Waals surface area contributed by atoms with Crippen LogP contribution in [0.15, 0.2) is 36.0 Å². The SMILES string of the molecule is CC(C=CCC1C(=O)OC2OC21)=CC=CC(C)C. The Hall–Kier alpha value is -1.35. The maximum absolute atomic E-state index is 11.4. The van der Waals surface area contributed by atoms with Gasteiger partial charge in [0.15, 0.2) is 0 Å². The van der Waals surface area contributed by atoms with Gasteiger partial charge in [0.25, 0.3) is 0 Å². The molecule has 3 unspecified atom stereocenters. The van der Waals surface area contributed by atoms with E-state index in [2.05, 4.69) is 32.1 Å². The molecule has 2 aliphatic heterocycles. The Labute approximate surface area is 108 Å². The molecular formula is C15H20O3. The van der Waals surface area contributed by atoms with Crippen LogP contribution in [0.3, 0.4) is 0 Å². The van der Waals surface area contributed by atoms with Crippen molar-refractivity contribution < 1.29 is 14.3 Å². The highest BCUT2D eigenvalue weighted by molar-refractivity contribution is 5.76. The van der Waals surface area contributed by atoms with Gasteiger partial charge in [-0.3, -0.25) is 4.79 Å². The van der Waals surface area contributed by atoms with Crippen molar-refractivity contribution in [1.29, 1.82) is 0 Å². The third kappa shape index (κ3) is 3.33. The minimum atomic E-state index is -0.249. The lowest BCUT2D eigenvalue weighted by Crippen LogP contribution is -2.14. The zero-order valence-electron chi connectivity index (χ0n) is 11.1. The van der Waals surface area contributed by atoms with E-state index in [1.165, 1.54) is 5.57 Å². The maximum Gasteiger partial charge on any atom is 0.314 e. The smallest absolute Gasteiger partial charge is 0.314 e. The summed E-state index contributed by atoms with van der Waals surface area (Å²) in [6.07, 6.45) is 10.8. The van der Waals surface area contributed by atoms with Gasteiger partial charge in [-0.2, -0.15) is 0 Å². The van der Waals surface area contributed by atoms with Gasteiger partial charge in [-0.1, -0.05) is 49.8 Å². The van der Waals surface area contributed by atoms with Gasteiger partial charge in [0.1, 0.15) is 6.10 Å². The van der Waals surface area contributed by atoms with Crippen molar-refractivity contribution in [3.63, 3.8) is 0 Å². The number of fused-ring (bicyclic) bond motifs is 1. The van der Waals surface area contributed by atoms with Crippen LogP contribution < -0.4 is 0 Å². The Kier molecular flexibility index (Phi) is 4.02. The first-order chi connectivity index (χ1) is 8.58. The number of allylic oxidation sites excluding steroid dienone is 6. The van der Waals surface area contributed by atoms with Crippen LogP contribution >= 0.6 is 0 Å². The summed E-state index contributed by atoms with van der Waals surface area (Å²) in [5.74, 6) is 0.336. The van der Waals surface area contributed by atoms with Gasteiger partial charge in [0, 0.05) is 0 Å². The van der Waals surface area contributed by atoms with E-state index in [9.17, 15) is 4.79 Å². The summed E-state index contributed by atoms with van der Waals surface area (Å²) in [7, 11) is 0. The highest BCUT2D eigenvalue weighted by Gasteiger charge is 2.57. The second kappa shape index (κ2) is 5.53. The van der Waals surface area contributed by atoms with Crippen LogP contribution in [0.5, 0.6) is 0 Å². The zero-order valence-corrected chi connectivity index (χ0v) is 11.1. The minimum absolute atomic E-state index is 0.00673. The number of rotatable bonds is 5. The summed E-state index contributed by atoms with van der Waals surface area (Å²) < 4.78 is 10.2. The predicted octanol–water partition coefficient (Wildman–Crippen LogP) is 2.99. The first-order valence-corrected chi connectivity index (χ1v) is 6.45. The molecule has 3 heteroatoms. The number of carbonyl (C=O) groups is 1. The third-order valence-corrected chi connectivity index (χ3v) is 3.04. The molecule has 2 fully saturated rings. The van der Waals surface area contributed by atoms with E-state index >= 15 is 0 Å². The van der Waals surface area contributed by atoms with Gasteiger partial charge < -0.3 is 9.47 Å². The molecule has 0 aromatic heterocycles. The van der Waals surface area contributed by atoms with Crippen molar-refractivity contribution >= 4 is 5.97 Å². The number of hydrogen-bond acceptors (Lipinski definition) is 3. The molecule has 2 saturated heterocycles. The van der Waals surface area contributed by atoms with Crippen LogP contribution in [0.4, 0.5) is 0 Å². The molecule has 18 heavy (non-hydrogen) atoms. The van der Waals surface area contributed by atoms with Gasteiger partial charge in [0.05, 0.1) is 5.92 Å². The standard InChI is InChI=1S/C15H20O3/c1-10(2)6-4-7-11(3)8-5-9-12-13-15(17-13)18-14(12)16/h4-8,10,12-13,15H,9H2,1-3H3. The lowest BCUT2D eigenvalue weighted by Gasteiger charge is -2.03. The summed E-state index contributed by atoms with van der Waals surface area (Å²) >= 11 is 0. The number of ether oxygens (including phenoxy) is 2. The average molecular weight is 248 g/mol. The summed E-state index contributed by atoms with van der Waals surface area (Å²) in [5, 5.41) is 0. The molecule has 2 rings (SSSR count). The first kappa shape index (κ1) is 13.1. The van der Waals surface area contributed by atoms with Crippen LogP contribution in [0.1, 0.15) is 27.2 Å². The summed E-state index contributed by atoms with van der Waals surface area (Å²) in [5.41, 5.74) is 1.17. The maximum atomic E-state index is 11.4. The average Bonchev–Trinajstić information content (AvgIpc) is 2.96. The molecular weight excluding hydrogens is 228 g/mol. The van der Waals surface area contributed by atoms with Crippen LogP contribution in [0, 0.1) is 11.8 Å². The fraction of sp³-hybridized carbons (Fsp3) is 0.533. The molecule has 2 aliphatic rings. The molecule has 2 heterocycles. The normalized spacial score (nSPS) is 31.4. The highest BCUT2D eigenvalue weighted by Crippen LogP contribution is 2.40. The Morgan fingerprint density at radius 2 is 2.22 bits per heavy atom. The van der Waals surface area contributed by atoms with E-state index in [1.807, 2.05) is 19.1 Å². The molecule has 98 valence electrons. The highest BCUT2D eigenvalue weighted by atomic mass is 16.8. The lowest BCUT2D eigenvalue weighted by atomic mass is 10.0. The second-order valence-electron chi connectivity index (χ2n) is 5.19. The van der Waals surface area contributed by atoms with E-state index in [-0.39, 0.29) is 24.3 Å². The molecule has 3 atom stereocenters. The molecule has 0 aromatic rings. The van der Waals surface area contributed by atoms with E-state index in [4.69, 9.17) is 9.47 Å². The predicted molar refractivity (Wildman–Crippen MR) is 69.7 cm³/mol. The fourth-order valence-corrected chi connectivity index (χ4v) is 1.94. The summed E-state index contributed by atoms with van der Waals surface area (Å²) in [6.45, 7) is 6.34. The monoisotopic (exact) mass is 248 g/mol. The molecule has 0 spiro atoms. The zero-order chi connectivity index (χ0) is 13.1. The summed E-state index contributed by atoms with van der Waals surface area (Å²) in [6, 6.07) is 0. The lowest BCUT2D eigenvalue weighted by molar-refractivity contribution is -0.151. The number of carbonyl (C=O) groups excluding carboxylic acids is 1. The van der Waals surface area contributed by atoms with Gasteiger partial charge in [0.2, 0.25) is 6.29 Å². The molecule has 3 nitrogen and oxygen atoms in total. The van der Waals surface area contributed by atoms with E-state index < -0.39 is 0 Å². The van der Waals surface area contributed by atoms with Crippen molar-refractivity contribution in [2.45, 2.75) is 39.6 Å². The van der Waals surface area contributed by atoms with Gasteiger partial charge >= 0.3 is 5.97 Å². The Morgan fingerprint density at radius 3 is 2.83 bits per heavy atom. The minimum Gasteiger partial charge on any atom is -0.432 e. The van der Waals surface area contributed by atoms with E-state index in [1.54, 1.807) is 0 Å². The molecule has 0 saturated carbocycles. The molecule has 0 amide bonds. The number of hydrogen-bond donors (Lipinski definition) is 0. The number of epoxide rings is 1. The second-order valence-corrected chi connectivity index (χ2v) is 5.19. The molecule has 0 bridgehead atoms. The quantitative estimate of drug-likeness (QED) is 0.426. The Bertz CT molecular complexity index is 404. The van der Waals surface area contributed by atoms with Crippen LogP contribution in [0.2, 0.25) is 0 Å². The molecule has 0 N–H and O–H groups in total. The van der Waals surface area contributed by atoms with Crippen LogP contribution in [-0.2, 0) is 14.3 Å². The number of esters is 1. The van der Waals surface area contributed by atoms with Gasteiger partial charge in [-0.05, 0) is 19.3 Å². The van der Waals surface area contributed by atoms with E-state index in [0.717, 1.165) is 0 Å². The summed E-state index contributed by atoms with van der Waals surface area (Å²) in [4.78, 5) is 11.4. The molecule has 0 aliphatic carbocycles. The van der Waals surface area contributed by atoms with Crippen molar-refractivity contribution in [2.75, 3.05) is 0 Å². The molecule has 0 radical (unpaired) electrons. The first-order valence-electron chi connectivity index (χ1n) is 6.45. The topological polar surface area (TPSA) is 38.8 Å². The van der Waals surface area contributed by atoms with E-state index in [0.29, 0.717) is 12.3 Å². The van der Waals surface area contributed by atoms with Crippen molar-refractivity contribution in [3.8, 4) is 0 Å². The Balaban J connectivity index is 1.78. The van der Waals surface area contributed by atoms with Crippen LogP contribution in [0.25, 0.3) is 0 Å². The van der Waals surface area contributed by atoms with Gasteiger partial charge in [-0.25, -0.2) is 0 Å². The fourth-order valence-electron chi connectivity index (χ4n) is 1.94. The van der Waals surface area contributed by atoms with Crippen LogP contribution in [-0.4, -0.2) is 18.4 Å². The molecule has 0 aromatic carbocycles. The third-order valence-electron chi connectivity index (χ3n) is 3.04. The van der Waals surface area contributed by atoms with Crippen molar-refractivity contribution in [3.05, 3.63) is 36.0 Å².